The maximum Gasteiger partial charge on any atom is 0.337 e. The molecule has 0 aliphatic carbocycles. The third-order valence-corrected chi connectivity index (χ3v) is 7.83. The summed E-state index contributed by atoms with van der Waals surface area (Å²) in [5.41, 5.74) is 2.47. The van der Waals surface area contributed by atoms with E-state index in [1.165, 1.54) is 0 Å². The average molecular weight is 544 g/mol. The molecule has 9 heteroatoms. The molecule has 3 aromatic rings. The predicted molar refractivity (Wildman–Crippen MR) is 144 cm³/mol. The summed E-state index contributed by atoms with van der Waals surface area (Å²) in [5.74, 6) is -2.67. The van der Waals surface area contributed by atoms with Crippen molar-refractivity contribution in [2.24, 2.45) is 0 Å². The van der Waals surface area contributed by atoms with E-state index in [1.54, 1.807) is 34.6 Å². The van der Waals surface area contributed by atoms with Gasteiger partial charge in [0.1, 0.15) is 11.6 Å². The normalized spacial score (nSPS) is 14.2. The second-order valence-electron chi connectivity index (χ2n) is 10.7. The zero-order valence-electron chi connectivity index (χ0n) is 22.4. The topological polar surface area (TPSA) is 83.9 Å². The van der Waals surface area contributed by atoms with Gasteiger partial charge in [-0.25, -0.2) is 22.0 Å². The number of rotatable bonds is 5. The van der Waals surface area contributed by atoms with Gasteiger partial charge in [-0.05, 0) is 75.9 Å². The van der Waals surface area contributed by atoms with Crippen molar-refractivity contribution in [1.29, 1.82) is 0 Å². The van der Waals surface area contributed by atoms with E-state index in [2.05, 4.69) is 0 Å². The molecule has 0 bridgehead atoms. The summed E-state index contributed by atoms with van der Waals surface area (Å²) < 4.78 is 63.5. The first kappa shape index (κ1) is 27.7. The third kappa shape index (κ3) is 4.80. The zero-order chi connectivity index (χ0) is 28.3. The van der Waals surface area contributed by atoms with Gasteiger partial charge in [0.05, 0.1) is 24.1 Å². The number of carbonyl (C=O) groups is 1. The van der Waals surface area contributed by atoms with Crippen LogP contribution in [-0.2, 0) is 26.1 Å². The first-order valence-electron chi connectivity index (χ1n) is 12.1. The fourth-order valence-corrected chi connectivity index (χ4v) is 6.08. The minimum absolute atomic E-state index is 0.0240. The van der Waals surface area contributed by atoms with Crippen LogP contribution in [0.15, 0.2) is 36.4 Å². The summed E-state index contributed by atoms with van der Waals surface area (Å²) in [6.07, 6.45) is -0.475. The van der Waals surface area contributed by atoms with Crippen molar-refractivity contribution in [3.63, 3.8) is 0 Å². The van der Waals surface area contributed by atoms with Crippen LogP contribution in [0, 0.1) is 32.4 Å². The molecule has 0 radical (unpaired) electrons. The second-order valence-corrected chi connectivity index (χ2v) is 12.6. The lowest BCUT2D eigenvalue weighted by molar-refractivity contribution is -0.160. The van der Waals surface area contributed by atoms with Crippen LogP contribution < -0.4 is 4.31 Å². The number of sulfonamides is 1. The number of aliphatic carboxylic acids is 1. The molecule has 202 valence electrons. The molecule has 0 aromatic heterocycles. The summed E-state index contributed by atoms with van der Waals surface area (Å²) in [6.45, 7) is 9.95. The van der Waals surface area contributed by atoms with Crippen LogP contribution in [0.3, 0.4) is 0 Å². The van der Waals surface area contributed by atoms with E-state index >= 15 is 8.78 Å². The van der Waals surface area contributed by atoms with Gasteiger partial charge in [-0.3, -0.25) is 4.31 Å². The molecule has 0 fully saturated rings. The number of ether oxygens (including phenoxy) is 1. The number of carboxylic acid groups (broad SMARTS) is 1. The molecule has 1 heterocycles. The first-order chi connectivity index (χ1) is 17.5. The van der Waals surface area contributed by atoms with Gasteiger partial charge >= 0.3 is 5.97 Å². The Morgan fingerprint density at radius 2 is 1.53 bits per heavy atom. The summed E-state index contributed by atoms with van der Waals surface area (Å²) in [6, 6.07) is 9.38. The maximum absolute atomic E-state index is 15.4. The smallest absolute Gasteiger partial charge is 0.337 e. The first-order valence-corrected chi connectivity index (χ1v) is 14.0. The van der Waals surface area contributed by atoms with E-state index in [-0.39, 0.29) is 27.9 Å². The number of fused-ring (bicyclic) bond motifs is 3. The number of benzene rings is 3. The Hall–Kier alpha value is -3.30. The Morgan fingerprint density at radius 1 is 0.947 bits per heavy atom. The van der Waals surface area contributed by atoms with Crippen molar-refractivity contribution in [1.82, 2.24) is 0 Å². The SMILES string of the molecule is Cc1ccc(-c2c(C)c3c(c(C)c2[C@H](OC(C)(C)C)C(=O)O)N(S(C)(=O)=O)Cc2c(F)ccc(F)c2-3)cc1. The Morgan fingerprint density at radius 3 is 2.05 bits per heavy atom. The summed E-state index contributed by atoms with van der Waals surface area (Å²) >= 11 is 0. The molecule has 1 atom stereocenters. The van der Waals surface area contributed by atoms with Crippen LogP contribution in [-0.4, -0.2) is 31.4 Å². The van der Waals surface area contributed by atoms with Crippen LogP contribution in [0.4, 0.5) is 14.5 Å². The number of nitrogens with zero attached hydrogens (tertiary/aromatic N) is 1. The number of hydrogen-bond acceptors (Lipinski definition) is 4. The predicted octanol–water partition coefficient (Wildman–Crippen LogP) is 6.44. The molecule has 1 N–H and O–H groups in total. The van der Waals surface area contributed by atoms with Crippen molar-refractivity contribution < 1.29 is 31.8 Å². The molecular formula is C29H31F2NO5S. The molecule has 0 amide bonds. The van der Waals surface area contributed by atoms with Crippen LogP contribution in [0.25, 0.3) is 22.3 Å². The van der Waals surface area contributed by atoms with E-state index in [1.807, 2.05) is 31.2 Å². The largest absolute Gasteiger partial charge is 0.479 e. The minimum atomic E-state index is -3.98. The van der Waals surface area contributed by atoms with Crippen LogP contribution >= 0.6 is 0 Å². The number of anilines is 1. The van der Waals surface area contributed by atoms with Crippen LogP contribution in [0.1, 0.15) is 54.7 Å². The number of hydrogen-bond donors (Lipinski definition) is 1. The minimum Gasteiger partial charge on any atom is -0.479 e. The molecule has 0 spiro atoms. The Kier molecular flexibility index (Phi) is 6.91. The summed E-state index contributed by atoms with van der Waals surface area (Å²) in [5, 5.41) is 10.3. The second kappa shape index (κ2) is 9.47. The highest BCUT2D eigenvalue weighted by Crippen LogP contribution is 2.52. The highest BCUT2D eigenvalue weighted by molar-refractivity contribution is 7.92. The van der Waals surface area contributed by atoms with E-state index in [0.717, 1.165) is 28.3 Å². The van der Waals surface area contributed by atoms with Crippen LogP contribution in [0.2, 0.25) is 0 Å². The number of carboxylic acids is 1. The van der Waals surface area contributed by atoms with E-state index in [9.17, 15) is 18.3 Å². The van der Waals surface area contributed by atoms with Gasteiger partial charge in [-0.15, -0.1) is 0 Å². The van der Waals surface area contributed by atoms with Crippen molar-refractivity contribution >= 4 is 21.7 Å². The van der Waals surface area contributed by atoms with E-state index < -0.39 is 45.9 Å². The molecule has 38 heavy (non-hydrogen) atoms. The molecule has 1 aliphatic heterocycles. The molecule has 0 saturated heterocycles. The lowest BCUT2D eigenvalue weighted by atomic mass is 9.80. The van der Waals surface area contributed by atoms with Gasteiger partial charge in [0, 0.05) is 22.3 Å². The van der Waals surface area contributed by atoms with Gasteiger partial charge in [0.25, 0.3) is 0 Å². The summed E-state index contributed by atoms with van der Waals surface area (Å²) in [7, 11) is -3.98. The molecule has 0 saturated carbocycles. The monoisotopic (exact) mass is 543 g/mol. The lowest BCUT2D eigenvalue weighted by Gasteiger charge is -2.37. The molecule has 1 aliphatic rings. The zero-order valence-corrected chi connectivity index (χ0v) is 23.3. The fraction of sp³-hybridized carbons (Fsp3) is 0.345. The molecule has 6 nitrogen and oxygen atoms in total. The molecular weight excluding hydrogens is 512 g/mol. The molecule has 4 rings (SSSR count). The third-order valence-electron chi connectivity index (χ3n) is 6.72. The van der Waals surface area contributed by atoms with Crippen molar-refractivity contribution in [3.05, 3.63) is 75.8 Å². The number of aryl methyl sites for hydroxylation is 1. The lowest BCUT2D eigenvalue weighted by Crippen LogP contribution is -2.35. The highest BCUT2D eigenvalue weighted by atomic mass is 32.2. The van der Waals surface area contributed by atoms with Gasteiger partial charge in [-0.1, -0.05) is 29.8 Å². The van der Waals surface area contributed by atoms with Crippen molar-refractivity contribution in [2.45, 2.75) is 59.8 Å². The maximum atomic E-state index is 15.4. The highest BCUT2D eigenvalue weighted by Gasteiger charge is 2.40. The van der Waals surface area contributed by atoms with Gasteiger partial charge < -0.3 is 9.84 Å². The van der Waals surface area contributed by atoms with Gasteiger partial charge in [0.15, 0.2) is 6.10 Å². The van der Waals surface area contributed by atoms with Crippen LogP contribution in [0.5, 0.6) is 0 Å². The van der Waals surface area contributed by atoms with Gasteiger partial charge in [0.2, 0.25) is 10.0 Å². The Bertz CT molecular complexity index is 1560. The van der Waals surface area contributed by atoms with E-state index in [0.29, 0.717) is 22.3 Å². The quantitative estimate of drug-likeness (QED) is 0.400. The number of halogens is 2. The van der Waals surface area contributed by atoms with E-state index in [4.69, 9.17) is 4.74 Å². The van der Waals surface area contributed by atoms with Gasteiger partial charge in [-0.2, -0.15) is 0 Å². The average Bonchev–Trinajstić information content (AvgIpc) is 2.80. The molecule has 3 aromatic carbocycles. The van der Waals surface area contributed by atoms with Crippen molar-refractivity contribution in [2.75, 3.05) is 10.6 Å². The Balaban J connectivity index is 2.25. The standard InChI is InChI=1S/C29H31F2NO5S/c1-15-8-10-18(11-9-15)22-16(2)23-25-19(20(30)12-13-21(25)31)14-32(38(7,35)36)26(23)17(3)24(22)27(28(33)34)37-29(4,5)6/h8-13,27H,14H2,1-7H3,(H,33,34)/t27-/m0/s1. The molecule has 0 unspecified atom stereocenters. The Labute approximate surface area is 221 Å². The fourth-order valence-electron chi connectivity index (χ4n) is 5.16. The summed E-state index contributed by atoms with van der Waals surface area (Å²) in [4.78, 5) is 12.7. The van der Waals surface area contributed by atoms with Crippen molar-refractivity contribution in [3.8, 4) is 22.3 Å².